The maximum Gasteiger partial charge on any atom is 0.262 e. The Morgan fingerprint density at radius 2 is 1.65 bits per heavy atom. The summed E-state index contributed by atoms with van der Waals surface area (Å²) in [6.45, 7) is 4.04. The Morgan fingerprint density at radius 3 is 2.30 bits per heavy atom. The van der Waals surface area contributed by atoms with Gasteiger partial charge in [0.1, 0.15) is 11.0 Å². The Labute approximate surface area is 220 Å². The van der Waals surface area contributed by atoms with E-state index in [4.69, 9.17) is 9.84 Å². The van der Waals surface area contributed by atoms with Crippen LogP contribution in [0.25, 0.3) is 0 Å². The van der Waals surface area contributed by atoms with Gasteiger partial charge in [0, 0.05) is 18.5 Å². The minimum absolute atomic E-state index is 0.0416. The second kappa shape index (κ2) is 10.6. The predicted molar refractivity (Wildman–Crippen MR) is 148 cm³/mol. The maximum absolute atomic E-state index is 12.8. The topological polar surface area (TPSA) is 83.4 Å². The lowest BCUT2D eigenvalue weighted by Crippen LogP contribution is -2.25. The highest BCUT2D eigenvalue weighted by atomic mass is 32.2. The molecule has 0 radical (unpaired) electrons. The highest BCUT2D eigenvalue weighted by Gasteiger charge is 2.39. The number of carbonyl (C=O) groups is 2. The molecule has 5 rings (SSSR count). The monoisotopic (exact) mass is 512 g/mol. The predicted octanol–water partition coefficient (Wildman–Crippen LogP) is 5.49. The van der Waals surface area contributed by atoms with Crippen molar-refractivity contribution in [1.29, 1.82) is 0 Å². The third-order valence-corrected chi connectivity index (χ3v) is 7.57. The van der Waals surface area contributed by atoms with E-state index in [0.29, 0.717) is 17.3 Å². The summed E-state index contributed by atoms with van der Waals surface area (Å²) >= 11 is 1.30. The fourth-order valence-electron chi connectivity index (χ4n) is 4.31. The molecule has 0 saturated carbocycles. The Kier molecular flexibility index (Phi) is 7.10. The number of hydrogen-bond donors (Lipinski definition) is 1. The van der Waals surface area contributed by atoms with Crippen molar-refractivity contribution in [3.63, 3.8) is 0 Å². The van der Waals surface area contributed by atoms with Crippen molar-refractivity contribution in [2.24, 2.45) is 10.1 Å². The van der Waals surface area contributed by atoms with E-state index in [1.807, 2.05) is 60.5 Å². The molecule has 37 heavy (non-hydrogen) atoms. The number of anilines is 1. The molecular formula is C29H28N4O3S. The van der Waals surface area contributed by atoms with Gasteiger partial charge in [0.2, 0.25) is 5.91 Å². The first-order valence-electron chi connectivity index (χ1n) is 12.1. The molecule has 7 nitrogen and oxygen atoms in total. The Balaban J connectivity index is 1.35. The van der Waals surface area contributed by atoms with Crippen LogP contribution in [-0.2, 0) is 9.59 Å². The van der Waals surface area contributed by atoms with Crippen molar-refractivity contribution in [1.82, 2.24) is 5.01 Å². The van der Waals surface area contributed by atoms with E-state index < -0.39 is 5.25 Å². The molecule has 2 atom stereocenters. The number of hydrazone groups is 1. The molecule has 188 valence electrons. The van der Waals surface area contributed by atoms with E-state index in [9.17, 15) is 9.59 Å². The quantitative estimate of drug-likeness (QED) is 0.472. The first-order valence-corrected chi connectivity index (χ1v) is 13.0. The molecule has 2 heterocycles. The van der Waals surface area contributed by atoms with Crippen LogP contribution in [0.15, 0.2) is 82.9 Å². The van der Waals surface area contributed by atoms with Crippen LogP contribution in [0.5, 0.6) is 5.75 Å². The van der Waals surface area contributed by atoms with E-state index in [2.05, 4.69) is 41.5 Å². The third-order valence-electron chi connectivity index (χ3n) is 6.43. The van der Waals surface area contributed by atoms with Crippen LogP contribution >= 0.6 is 11.8 Å². The van der Waals surface area contributed by atoms with Gasteiger partial charge in [-0.1, -0.05) is 71.4 Å². The molecule has 8 heteroatoms. The zero-order chi connectivity index (χ0) is 25.9. The van der Waals surface area contributed by atoms with Crippen LogP contribution in [-0.4, -0.2) is 40.1 Å². The molecular weight excluding hydrogens is 484 g/mol. The highest BCUT2D eigenvalue weighted by molar-refractivity contribution is 8.15. The fourth-order valence-corrected chi connectivity index (χ4v) is 5.38. The summed E-state index contributed by atoms with van der Waals surface area (Å²) in [5.41, 5.74) is 6.01. The molecule has 2 amide bonds. The number of methoxy groups -OCH3 is 1. The second-order valence-corrected chi connectivity index (χ2v) is 10.4. The summed E-state index contributed by atoms with van der Waals surface area (Å²) in [6, 6.07) is 23.6. The van der Waals surface area contributed by atoms with Gasteiger partial charge in [0.15, 0.2) is 5.17 Å². The van der Waals surface area contributed by atoms with Gasteiger partial charge in [-0.05, 0) is 49.2 Å². The molecule has 0 bridgehead atoms. The van der Waals surface area contributed by atoms with Crippen LogP contribution in [0.1, 0.15) is 41.1 Å². The maximum atomic E-state index is 12.8. The molecule has 0 spiro atoms. The van der Waals surface area contributed by atoms with E-state index in [-0.39, 0.29) is 24.3 Å². The summed E-state index contributed by atoms with van der Waals surface area (Å²) in [5.74, 6) is 0.241. The van der Waals surface area contributed by atoms with Crippen LogP contribution in [0.4, 0.5) is 5.69 Å². The molecule has 2 aliphatic heterocycles. The summed E-state index contributed by atoms with van der Waals surface area (Å²) in [6.07, 6.45) is 0.710. The number of ether oxygens (including phenoxy) is 1. The second-order valence-electron chi connectivity index (χ2n) is 9.21. The van der Waals surface area contributed by atoms with Crippen molar-refractivity contribution in [2.75, 3.05) is 12.4 Å². The average Bonchev–Trinajstić information content (AvgIpc) is 3.50. The van der Waals surface area contributed by atoms with E-state index in [1.165, 1.54) is 17.3 Å². The van der Waals surface area contributed by atoms with Crippen LogP contribution < -0.4 is 10.1 Å². The summed E-state index contributed by atoms with van der Waals surface area (Å²) < 4.78 is 5.32. The molecule has 2 unspecified atom stereocenters. The lowest BCUT2D eigenvalue weighted by atomic mass is 9.98. The minimum atomic E-state index is -0.587. The van der Waals surface area contributed by atoms with E-state index in [1.54, 1.807) is 7.11 Å². The van der Waals surface area contributed by atoms with Crippen molar-refractivity contribution >= 4 is 40.1 Å². The Morgan fingerprint density at radius 1 is 1.00 bits per heavy atom. The third kappa shape index (κ3) is 5.59. The van der Waals surface area contributed by atoms with Gasteiger partial charge in [-0.15, -0.1) is 0 Å². The van der Waals surface area contributed by atoms with Gasteiger partial charge < -0.3 is 10.1 Å². The van der Waals surface area contributed by atoms with Crippen molar-refractivity contribution in [3.8, 4) is 5.75 Å². The number of benzene rings is 3. The van der Waals surface area contributed by atoms with Crippen molar-refractivity contribution in [2.45, 2.75) is 38.0 Å². The van der Waals surface area contributed by atoms with Gasteiger partial charge in [-0.25, -0.2) is 5.01 Å². The van der Waals surface area contributed by atoms with Crippen LogP contribution in [0, 0.1) is 13.8 Å². The molecule has 3 aromatic rings. The number of carbonyl (C=O) groups excluding carboxylic acids is 2. The zero-order valence-electron chi connectivity index (χ0n) is 21.0. The Bertz CT molecular complexity index is 1370. The van der Waals surface area contributed by atoms with Gasteiger partial charge in [0.25, 0.3) is 5.91 Å². The average molecular weight is 513 g/mol. The standard InChI is InChI=1S/C29H28N4O3S/c1-18-4-8-20(9-5-18)24-16-25(21-10-14-23(36-3)15-11-21)33(32-24)29-31-28(35)26(37-29)17-27(34)30-22-12-6-19(2)7-13-22/h4-15,25-26H,16-17H2,1-3H3,(H,30,34). The minimum Gasteiger partial charge on any atom is -0.497 e. The highest BCUT2D eigenvalue weighted by Crippen LogP contribution is 2.39. The molecule has 0 aliphatic carbocycles. The summed E-state index contributed by atoms with van der Waals surface area (Å²) in [5, 5.41) is 9.54. The number of aryl methyl sites for hydroxylation is 2. The first kappa shape index (κ1) is 24.8. The smallest absolute Gasteiger partial charge is 0.262 e. The number of nitrogens with zero attached hydrogens (tertiary/aromatic N) is 3. The summed E-state index contributed by atoms with van der Waals surface area (Å²) in [7, 11) is 1.64. The number of rotatable bonds is 6. The molecule has 3 aromatic carbocycles. The number of nitrogens with one attached hydrogen (secondary N) is 1. The number of amidine groups is 1. The first-order chi connectivity index (χ1) is 17.9. The zero-order valence-corrected chi connectivity index (χ0v) is 21.8. The van der Waals surface area contributed by atoms with Crippen LogP contribution in [0.2, 0.25) is 0 Å². The molecule has 0 aromatic heterocycles. The van der Waals surface area contributed by atoms with Gasteiger partial charge in [0.05, 0.1) is 18.9 Å². The van der Waals surface area contributed by atoms with Gasteiger partial charge >= 0.3 is 0 Å². The van der Waals surface area contributed by atoms with Crippen LogP contribution in [0.3, 0.4) is 0 Å². The number of hydrogen-bond acceptors (Lipinski definition) is 6. The molecule has 2 aliphatic rings. The van der Waals surface area contributed by atoms with Gasteiger partial charge in [-0.2, -0.15) is 10.1 Å². The SMILES string of the molecule is COc1ccc(C2CC(c3ccc(C)cc3)=NN2C2=NC(=O)C(CC(=O)Nc3ccc(C)cc3)S2)cc1. The number of aliphatic imine (C=N–C) groups is 1. The molecule has 0 fully saturated rings. The van der Waals surface area contributed by atoms with Gasteiger partial charge in [-0.3, -0.25) is 9.59 Å². The summed E-state index contributed by atoms with van der Waals surface area (Å²) in [4.78, 5) is 29.8. The largest absolute Gasteiger partial charge is 0.497 e. The normalized spacial score (nSPS) is 19.0. The van der Waals surface area contributed by atoms with Crippen molar-refractivity contribution in [3.05, 3.63) is 95.1 Å². The molecule has 0 saturated heterocycles. The lowest BCUT2D eigenvalue weighted by Gasteiger charge is -2.23. The number of thioether (sulfide) groups is 1. The van der Waals surface area contributed by atoms with Crippen molar-refractivity contribution < 1.29 is 14.3 Å². The number of amides is 2. The molecule has 1 N–H and O–H groups in total. The Hall–Kier alpha value is -3.91. The lowest BCUT2D eigenvalue weighted by molar-refractivity contribution is -0.121. The van der Waals surface area contributed by atoms with E-state index >= 15 is 0 Å². The van der Waals surface area contributed by atoms with E-state index in [0.717, 1.165) is 28.2 Å². The fraction of sp³-hybridized carbons (Fsp3) is 0.241.